The molecule has 2 N–H and O–H groups in total. The fourth-order valence-corrected chi connectivity index (χ4v) is 3.94. The maximum Gasteiger partial charge on any atom is 0.0647 e. The average molecular weight is 245 g/mol. The van der Waals surface area contributed by atoms with Gasteiger partial charge in [0.25, 0.3) is 0 Å². The summed E-state index contributed by atoms with van der Waals surface area (Å²) < 4.78 is 4.86. The standard InChI is InChI=1S/C5H13O2PS2.C2H7N/c1-3-5-10-8(6,9)7-4-2;1-3-2/h3-5H2,1-2H3,(H,6,9);3H,1-2H3. The fraction of sp³-hybridized carbons (Fsp3) is 1.00. The van der Waals surface area contributed by atoms with Crippen LogP contribution in [0.3, 0.4) is 0 Å². The highest BCUT2D eigenvalue weighted by Crippen LogP contribution is 2.51. The first-order chi connectivity index (χ1) is 6.04. The van der Waals surface area contributed by atoms with Gasteiger partial charge in [-0.25, -0.2) is 0 Å². The Morgan fingerprint density at radius 2 is 1.92 bits per heavy atom. The molecule has 0 aliphatic rings. The maximum atomic E-state index is 11.1. The minimum absolute atomic E-state index is 0.442. The maximum absolute atomic E-state index is 11.1. The normalized spacial score (nSPS) is 14.2. The molecule has 0 saturated heterocycles. The largest absolute Gasteiger partial charge is 0.793 e. The summed E-state index contributed by atoms with van der Waals surface area (Å²) in [6.45, 7) is 4.26. The highest BCUT2D eigenvalue weighted by atomic mass is 32.9. The molecule has 0 aromatic heterocycles. The Hall–Kier alpha value is 0.880. The lowest BCUT2D eigenvalue weighted by molar-refractivity contribution is -0.597. The van der Waals surface area contributed by atoms with E-state index in [-0.39, 0.29) is 0 Å². The molecule has 0 rings (SSSR count). The first-order valence-electron chi connectivity index (χ1n) is 4.38. The van der Waals surface area contributed by atoms with Crippen molar-refractivity contribution in [2.45, 2.75) is 20.3 Å². The molecule has 0 amide bonds. The van der Waals surface area contributed by atoms with Crippen LogP contribution in [0.5, 0.6) is 0 Å². The second kappa shape index (κ2) is 11.0. The summed E-state index contributed by atoms with van der Waals surface area (Å²) in [5.74, 6) is 0.820. The Labute approximate surface area is 90.6 Å². The molecule has 1 atom stereocenters. The minimum atomic E-state index is -2.71. The van der Waals surface area contributed by atoms with Crippen LogP contribution < -0.4 is 10.2 Å². The number of quaternary nitrogens is 1. The van der Waals surface area contributed by atoms with Crippen LogP contribution in [-0.2, 0) is 16.3 Å². The topological polar surface area (TPSA) is 48.9 Å². The first kappa shape index (κ1) is 16.3. The molecule has 0 aliphatic carbocycles. The van der Waals surface area contributed by atoms with Gasteiger partial charge in [-0.2, -0.15) is 0 Å². The zero-order valence-electron chi connectivity index (χ0n) is 8.78. The van der Waals surface area contributed by atoms with Gasteiger partial charge in [-0.15, -0.1) is 11.4 Å². The van der Waals surface area contributed by atoms with Gasteiger partial charge < -0.3 is 14.7 Å². The van der Waals surface area contributed by atoms with Crippen LogP contribution in [-0.4, -0.2) is 26.5 Å². The molecule has 0 saturated carbocycles. The van der Waals surface area contributed by atoms with Crippen molar-refractivity contribution in [1.82, 2.24) is 0 Å². The molecule has 0 fully saturated rings. The fourth-order valence-electron chi connectivity index (χ4n) is 0.398. The molecular formula is C7H20NO2PS2. The monoisotopic (exact) mass is 245 g/mol. The third-order valence-corrected chi connectivity index (χ3v) is 5.30. The van der Waals surface area contributed by atoms with Crippen LogP contribution in [0.1, 0.15) is 20.3 Å². The first-order valence-corrected chi connectivity index (χ1v) is 8.61. The van der Waals surface area contributed by atoms with Gasteiger partial charge in [-0.1, -0.05) is 18.7 Å². The smallest absolute Gasteiger partial charge is 0.0647 e. The molecule has 82 valence electrons. The second-order valence-corrected chi connectivity index (χ2v) is 8.45. The van der Waals surface area contributed by atoms with Crippen molar-refractivity contribution in [3.63, 3.8) is 0 Å². The molecule has 13 heavy (non-hydrogen) atoms. The SMILES string of the molecule is CCCSP([O-])(=S)OCC.C[NH2+]C. The molecule has 3 nitrogen and oxygen atoms in total. The number of nitrogens with two attached hydrogens (primary N) is 1. The summed E-state index contributed by atoms with van der Waals surface area (Å²) in [5, 5.41) is 2.00. The molecular weight excluding hydrogens is 225 g/mol. The van der Waals surface area contributed by atoms with Crippen LogP contribution in [0, 0.1) is 0 Å². The molecule has 6 heteroatoms. The number of hydrogen-bond acceptors (Lipinski definition) is 4. The molecule has 0 heterocycles. The summed E-state index contributed by atoms with van der Waals surface area (Å²) >= 11 is 5.96. The van der Waals surface area contributed by atoms with Crippen LogP contribution in [0.15, 0.2) is 0 Å². The van der Waals surface area contributed by atoms with E-state index in [1.807, 2.05) is 26.3 Å². The van der Waals surface area contributed by atoms with E-state index in [1.54, 1.807) is 6.92 Å². The summed E-state index contributed by atoms with van der Waals surface area (Å²) in [4.78, 5) is 11.1. The van der Waals surface area contributed by atoms with Gasteiger partial charge in [0.05, 0.1) is 14.1 Å². The molecule has 0 spiro atoms. The number of hydrogen-bond donors (Lipinski definition) is 1. The predicted octanol–water partition coefficient (Wildman–Crippen LogP) is 0.560. The lowest BCUT2D eigenvalue weighted by atomic mass is 10.6. The number of rotatable bonds is 5. The van der Waals surface area contributed by atoms with Gasteiger partial charge in [-0.05, 0) is 19.1 Å². The Balaban J connectivity index is 0. The molecule has 0 aromatic carbocycles. The van der Waals surface area contributed by atoms with Crippen molar-refractivity contribution in [2.75, 3.05) is 26.5 Å². The zero-order valence-corrected chi connectivity index (χ0v) is 11.3. The van der Waals surface area contributed by atoms with E-state index >= 15 is 0 Å². The van der Waals surface area contributed by atoms with Gasteiger partial charge in [0.2, 0.25) is 0 Å². The Bertz CT molecular complexity index is 146. The molecule has 0 radical (unpaired) electrons. The Morgan fingerprint density at radius 3 is 2.23 bits per heavy atom. The molecule has 1 unspecified atom stereocenters. The van der Waals surface area contributed by atoms with Crippen molar-refractivity contribution in [3.05, 3.63) is 0 Å². The Morgan fingerprint density at radius 1 is 1.46 bits per heavy atom. The highest BCUT2D eigenvalue weighted by Gasteiger charge is 1.99. The van der Waals surface area contributed by atoms with E-state index in [0.717, 1.165) is 12.2 Å². The average Bonchev–Trinajstić information content (AvgIpc) is 2.02. The lowest BCUT2D eigenvalue weighted by Gasteiger charge is -2.25. The van der Waals surface area contributed by atoms with Crippen molar-refractivity contribution < 1.29 is 14.7 Å². The van der Waals surface area contributed by atoms with E-state index in [2.05, 4.69) is 0 Å². The predicted molar refractivity (Wildman–Crippen MR) is 62.4 cm³/mol. The zero-order chi connectivity index (χ0) is 10.7. The third-order valence-electron chi connectivity index (χ3n) is 0.741. The van der Waals surface area contributed by atoms with E-state index in [1.165, 1.54) is 11.4 Å². The van der Waals surface area contributed by atoms with E-state index in [4.69, 9.17) is 16.3 Å². The summed E-state index contributed by atoms with van der Waals surface area (Å²) in [6, 6.07) is 0. The van der Waals surface area contributed by atoms with Crippen molar-refractivity contribution in [1.29, 1.82) is 0 Å². The van der Waals surface area contributed by atoms with Gasteiger partial charge in [0.1, 0.15) is 0 Å². The van der Waals surface area contributed by atoms with Gasteiger partial charge >= 0.3 is 0 Å². The lowest BCUT2D eigenvalue weighted by Crippen LogP contribution is -2.74. The van der Waals surface area contributed by atoms with Crippen LogP contribution >= 0.6 is 17.1 Å². The van der Waals surface area contributed by atoms with E-state index < -0.39 is 5.69 Å². The van der Waals surface area contributed by atoms with Crippen LogP contribution in [0.4, 0.5) is 0 Å². The molecule has 0 bridgehead atoms. The van der Waals surface area contributed by atoms with Gasteiger partial charge in [0.15, 0.2) is 0 Å². The van der Waals surface area contributed by atoms with Gasteiger partial charge in [0, 0.05) is 12.3 Å². The summed E-state index contributed by atoms with van der Waals surface area (Å²) in [5.41, 5.74) is -2.71. The highest BCUT2D eigenvalue weighted by molar-refractivity contribution is 8.67. The third kappa shape index (κ3) is 15.6. The van der Waals surface area contributed by atoms with Crippen molar-refractivity contribution >= 4 is 28.9 Å². The Kier molecular flexibility index (Phi) is 13.8. The quantitative estimate of drug-likeness (QED) is 0.719. The molecule has 0 aliphatic heterocycles. The van der Waals surface area contributed by atoms with Crippen LogP contribution in [0.2, 0.25) is 0 Å². The van der Waals surface area contributed by atoms with E-state index in [0.29, 0.717) is 6.61 Å². The van der Waals surface area contributed by atoms with Crippen LogP contribution in [0.25, 0.3) is 0 Å². The van der Waals surface area contributed by atoms with Crippen molar-refractivity contribution in [2.24, 2.45) is 0 Å². The minimum Gasteiger partial charge on any atom is -0.793 e. The second-order valence-electron chi connectivity index (χ2n) is 2.28. The van der Waals surface area contributed by atoms with Gasteiger partial charge in [-0.3, -0.25) is 0 Å². The van der Waals surface area contributed by atoms with E-state index in [9.17, 15) is 4.89 Å². The molecule has 0 aromatic rings. The summed E-state index contributed by atoms with van der Waals surface area (Å²) in [6.07, 6.45) is 0.984. The van der Waals surface area contributed by atoms with Crippen molar-refractivity contribution in [3.8, 4) is 0 Å². The summed E-state index contributed by atoms with van der Waals surface area (Å²) in [7, 11) is 4.00.